The van der Waals surface area contributed by atoms with E-state index < -0.39 is 0 Å². The summed E-state index contributed by atoms with van der Waals surface area (Å²) in [6.07, 6.45) is 2.57. The van der Waals surface area contributed by atoms with Gasteiger partial charge in [0.1, 0.15) is 0 Å². The van der Waals surface area contributed by atoms with Crippen LogP contribution in [-0.4, -0.2) is 0 Å². The maximum Gasteiger partial charge on any atom is -0.0237 e. The highest BCUT2D eigenvalue weighted by atomic mass is 14.2. The van der Waals surface area contributed by atoms with Gasteiger partial charge in [-0.1, -0.05) is 39.8 Å². The lowest BCUT2D eigenvalue weighted by Crippen LogP contribution is -2.07. The second kappa shape index (κ2) is 3.94. The minimum atomic E-state index is 0.476. The van der Waals surface area contributed by atoms with Gasteiger partial charge in [-0.2, -0.15) is 0 Å². The molecule has 0 aromatic carbocycles. The van der Waals surface area contributed by atoms with E-state index in [-0.39, 0.29) is 0 Å². The topological polar surface area (TPSA) is 0 Å². The molecule has 0 aliphatic rings. The lowest BCUT2D eigenvalue weighted by molar-refractivity contribution is 0.343. The number of hydrogen-bond acceptors (Lipinski definition) is 0. The fourth-order valence-electron chi connectivity index (χ4n) is 0.896. The molecule has 0 bridgehead atoms. The molecule has 0 nitrogen and oxygen atoms in total. The number of hydrogen-bond donors (Lipinski definition) is 0. The molecule has 11 heavy (non-hydrogen) atoms. The van der Waals surface area contributed by atoms with Crippen molar-refractivity contribution in [3.63, 3.8) is 0 Å². The summed E-state index contributed by atoms with van der Waals surface area (Å²) in [5.74, 6) is 0.689. The minimum Gasteiger partial charge on any atom is -0.0999 e. The lowest BCUT2D eigenvalue weighted by atomic mass is 9.85. The fraction of sp³-hybridized carbons (Fsp3) is 0.818. The Hall–Kier alpha value is -0.260. The Morgan fingerprint density at radius 3 is 2.09 bits per heavy atom. The van der Waals surface area contributed by atoms with Crippen LogP contribution in [0.3, 0.4) is 0 Å². The first-order valence-electron chi connectivity index (χ1n) is 4.48. The van der Waals surface area contributed by atoms with Gasteiger partial charge in [0, 0.05) is 0 Å². The number of allylic oxidation sites excluding steroid dienone is 1. The molecule has 0 heterocycles. The summed E-state index contributed by atoms with van der Waals surface area (Å²) in [4.78, 5) is 0. The second-order valence-electron chi connectivity index (χ2n) is 4.85. The molecule has 0 N–H and O–H groups in total. The van der Waals surface area contributed by atoms with Crippen molar-refractivity contribution in [2.75, 3.05) is 0 Å². The van der Waals surface area contributed by atoms with Crippen molar-refractivity contribution in [2.24, 2.45) is 11.3 Å². The Bertz CT molecular complexity index is 125. The van der Waals surface area contributed by atoms with E-state index in [0.29, 0.717) is 11.3 Å². The summed E-state index contributed by atoms with van der Waals surface area (Å²) in [5.41, 5.74) is 1.79. The van der Waals surface area contributed by atoms with Crippen LogP contribution < -0.4 is 0 Å². The van der Waals surface area contributed by atoms with Crippen molar-refractivity contribution in [3.8, 4) is 0 Å². The Labute approximate surface area is 71.7 Å². The third kappa shape index (κ3) is 6.15. The molecule has 0 aliphatic heterocycles. The molecule has 1 atom stereocenters. The molecule has 0 saturated heterocycles. The lowest BCUT2D eigenvalue weighted by Gasteiger charge is -2.20. The van der Waals surface area contributed by atoms with Crippen LogP contribution in [0.5, 0.6) is 0 Å². The Balaban J connectivity index is 3.63. The molecule has 0 rings (SSSR count). The van der Waals surface area contributed by atoms with Gasteiger partial charge in [-0.15, -0.1) is 0 Å². The van der Waals surface area contributed by atoms with Gasteiger partial charge in [0.15, 0.2) is 0 Å². The van der Waals surface area contributed by atoms with Crippen LogP contribution in [0.4, 0.5) is 0 Å². The van der Waals surface area contributed by atoms with Crippen molar-refractivity contribution in [3.05, 3.63) is 12.2 Å². The minimum absolute atomic E-state index is 0.476. The van der Waals surface area contributed by atoms with Crippen LogP contribution in [0.2, 0.25) is 0 Å². The third-order valence-corrected chi connectivity index (χ3v) is 2.17. The van der Waals surface area contributed by atoms with Crippen LogP contribution in [-0.2, 0) is 0 Å². The zero-order valence-electron chi connectivity index (χ0n) is 8.70. The van der Waals surface area contributed by atoms with Crippen LogP contribution in [0, 0.1) is 11.3 Å². The van der Waals surface area contributed by atoms with Crippen molar-refractivity contribution in [1.29, 1.82) is 0 Å². The highest BCUT2D eigenvalue weighted by Crippen LogP contribution is 2.25. The molecule has 0 aliphatic carbocycles. The van der Waals surface area contributed by atoms with Gasteiger partial charge in [-0.05, 0) is 31.1 Å². The van der Waals surface area contributed by atoms with Crippen molar-refractivity contribution in [2.45, 2.75) is 47.5 Å². The predicted octanol–water partition coefficient (Wildman–Crippen LogP) is 4.02. The van der Waals surface area contributed by atoms with E-state index in [1.165, 1.54) is 18.4 Å². The summed E-state index contributed by atoms with van der Waals surface area (Å²) in [6.45, 7) is 15.2. The smallest absolute Gasteiger partial charge is 0.0237 e. The average Bonchev–Trinajstić information content (AvgIpc) is 1.80. The van der Waals surface area contributed by atoms with Gasteiger partial charge >= 0.3 is 0 Å². The molecule has 0 saturated carbocycles. The fourth-order valence-corrected chi connectivity index (χ4v) is 0.896. The summed E-state index contributed by atoms with van der Waals surface area (Å²) < 4.78 is 0. The van der Waals surface area contributed by atoms with E-state index in [2.05, 4.69) is 41.2 Å². The Kier molecular flexibility index (Phi) is 3.85. The van der Waals surface area contributed by atoms with Gasteiger partial charge in [-0.3, -0.25) is 0 Å². The van der Waals surface area contributed by atoms with Crippen molar-refractivity contribution in [1.82, 2.24) is 0 Å². The average molecular weight is 154 g/mol. The van der Waals surface area contributed by atoms with Crippen LogP contribution >= 0.6 is 0 Å². The molecule has 0 radical (unpaired) electrons. The summed E-state index contributed by atoms with van der Waals surface area (Å²) in [6, 6.07) is 0. The van der Waals surface area contributed by atoms with Gasteiger partial charge in [0.25, 0.3) is 0 Å². The van der Waals surface area contributed by atoms with Crippen LogP contribution in [0.25, 0.3) is 0 Å². The first-order chi connectivity index (χ1) is 4.83. The Morgan fingerprint density at radius 2 is 1.82 bits per heavy atom. The SMILES string of the molecule is C=C(C)C(C)CCC(C)(C)C. The van der Waals surface area contributed by atoms with Gasteiger partial charge in [-0.25, -0.2) is 0 Å². The van der Waals surface area contributed by atoms with E-state index in [4.69, 9.17) is 0 Å². The van der Waals surface area contributed by atoms with Gasteiger partial charge in [0.05, 0.1) is 0 Å². The quantitative estimate of drug-likeness (QED) is 0.538. The van der Waals surface area contributed by atoms with Gasteiger partial charge < -0.3 is 0 Å². The highest BCUT2D eigenvalue weighted by molar-refractivity contribution is 4.93. The second-order valence-corrected chi connectivity index (χ2v) is 4.85. The van der Waals surface area contributed by atoms with E-state index in [1.54, 1.807) is 0 Å². The molecule has 0 heteroatoms. The van der Waals surface area contributed by atoms with E-state index in [9.17, 15) is 0 Å². The van der Waals surface area contributed by atoms with Crippen LogP contribution in [0.1, 0.15) is 47.5 Å². The number of rotatable bonds is 3. The predicted molar refractivity (Wildman–Crippen MR) is 52.7 cm³/mol. The maximum absolute atomic E-state index is 3.96. The van der Waals surface area contributed by atoms with Crippen molar-refractivity contribution >= 4 is 0 Å². The molecule has 0 aromatic heterocycles. The summed E-state index contributed by atoms with van der Waals surface area (Å²) in [5, 5.41) is 0. The summed E-state index contributed by atoms with van der Waals surface area (Å²) in [7, 11) is 0. The standard InChI is InChI=1S/C11H22/c1-9(2)10(3)7-8-11(4,5)6/h10H,1,7-8H2,2-6H3. The molecular formula is C11H22. The molecule has 0 spiro atoms. The molecular weight excluding hydrogens is 132 g/mol. The van der Waals surface area contributed by atoms with Crippen molar-refractivity contribution < 1.29 is 0 Å². The normalized spacial score (nSPS) is 14.6. The van der Waals surface area contributed by atoms with Gasteiger partial charge in [0.2, 0.25) is 0 Å². The molecule has 0 aromatic rings. The third-order valence-electron chi connectivity index (χ3n) is 2.17. The first kappa shape index (κ1) is 10.7. The molecule has 66 valence electrons. The Morgan fingerprint density at radius 1 is 1.36 bits per heavy atom. The molecule has 0 fully saturated rings. The summed E-state index contributed by atoms with van der Waals surface area (Å²) >= 11 is 0. The first-order valence-corrected chi connectivity index (χ1v) is 4.48. The largest absolute Gasteiger partial charge is 0.0999 e. The monoisotopic (exact) mass is 154 g/mol. The van der Waals surface area contributed by atoms with E-state index in [0.717, 1.165) is 0 Å². The highest BCUT2D eigenvalue weighted by Gasteiger charge is 2.12. The van der Waals surface area contributed by atoms with E-state index in [1.807, 2.05) is 0 Å². The molecule has 1 unspecified atom stereocenters. The zero-order chi connectivity index (χ0) is 9.07. The van der Waals surface area contributed by atoms with Crippen LogP contribution in [0.15, 0.2) is 12.2 Å². The zero-order valence-corrected chi connectivity index (χ0v) is 8.70. The van der Waals surface area contributed by atoms with E-state index >= 15 is 0 Å². The molecule has 0 amide bonds. The maximum atomic E-state index is 3.96.